The summed E-state index contributed by atoms with van der Waals surface area (Å²) in [5, 5.41) is 12.1. The molecule has 0 unspecified atom stereocenters. The van der Waals surface area contributed by atoms with Crippen LogP contribution in [-0.4, -0.2) is 28.9 Å². The normalized spacial score (nSPS) is 11.3. The topological polar surface area (TPSA) is 49.3 Å². The molecule has 0 radical (unpaired) electrons. The summed E-state index contributed by atoms with van der Waals surface area (Å²) >= 11 is 1.50. The number of thioether (sulfide) groups is 1. The SMILES string of the molecule is CC(C)(O)CNC(=O)CCSc1ccc(F)cc1. The van der Waals surface area contributed by atoms with Gasteiger partial charge in [-0.15, -0.1) is 11.8 Å². The van der Waals surface area contributed by atoms with E-state index < -0.39 is 5.60 Å². The molecule has 3 nitrogen and oxygen atoms in total. The Morgan fingerprint density at radius 3 is 2.56 bits per heavy atom. The molecule has 0 spiro atoms. The van der Waals surface area contributed by atoms with E-state index in [1.165, 1.54) is 23.9 Å². The zero-order chi connectivity index (χ0) is 13.6. The van der Waals surface area contributed by atoms with Crippen LogP contribution in [0, 0.1) is 5.82 Å². The first-order chi connectivity index (χ1) is 8.37. The van der Waals surface area contributed by atoms with Gasteiger partial charge in [-0.05, 0) is 38.1 Å². The summed E-state index contributed by atoms with van der Waals surface area (Å²) in [7, 11) is 0. The first-order valence-electron chi connectivity index (χ1n) is 5.74. The highest BCUT2D eigenvalue weighted by Crippen LogP contribution is 2.18. The maximum atomic E-state index is 12.7. The van der Waals surface area contributed by atoms with Crippen LogP contribution >= 0.6 is 11.8 Å². The molecule has 5 heteroatoms. The predicted octanol–water partition coefficient (Wildman–Crippen LogP) is 2.20. The minimum Gasteiger partial charge on any atom is -0.389 e. The second-order valence-electron chi connectivity index (χ2n) is 4.64. The van der Waals surface area contributed by atoms with Crippen molar-refractivity contribution in [1.82, 2.24) is 5.32 Å². The molecule has 0 aromatic heterocycles. The maximum Gasteiger partial charge on any atom is 0.220 e. The fourth-order valence-electron chi connectivity index (χ4n) is 1.20. The van der Waals surface area contributed by atoms with Crippen LogP contribution in [0.1, 0.15) is 20.3 Å². The summed E-state index contributed by atoms with van der Waals surface area (Å²) in [6.07, 6.45) is 0.373. The van der Waals surface area contributed by atoms with Crippen LogP contribution in [0.4, 0.5) is 4.39 Å². The van der Waals surface area contributed by atoms with Gasteiger partial charge in [0, 0.05) is 23.6 Å². The smallest absolute Gasteiger partial charge is 0.220 e. The van der Waals surface area contributed by atoms with Crippen LogP contribution in [0.2, 0.25) is 0 Å². The first-order valence-corrected chi connectivity index (χ1v) is 6.73. The maximum absolute atomic E-state index is 12.7. The number of carbonyl (C=O) groups is 1. The van der Waals surface area contributed by atoms with E-state index >= 15 is 0 Å². The number of amides is 1. The summed E-state index contributed by atoms with van der Waals surface area (Å²) < 4.78 is 12.7. The molecule has 0 aliphatic heterocycles. The number of carbonyl (C=O) groups excluding carboxylic acids is 1. The second kappa shape index (κ2) is 6.75. The monoisotopic (exact) mass is 271 g/mol. The highest BCUT2D eigenvalue weighted by molar-refractivity contribution is 7.99. The third-order valence-corrected chi connectivity index (χ3v) is 3.14. The van der Waals surface area contributed by atoms with Gasteiger partial charge in [0.25, 0.3) is 0 Å². The van der Waals surface area contributed by atoms with E-state index in [2.05, 4.69) is 5.32 Å². The van der Waals surface area contributed by atoms with E-state index in [1.807, 2.05) is 0 Å². The molecule has 0 saturated heterocycles. The Morgan fingerprint density at radius 1 is 1.39 bits per heavy atom. The van der Waals surface area contributed by atoms with Crippen LogP contribution in [0.15, 0.2) is 29.2 Å². The van der Waals surface area contributed by atoms with Gasteiger partial charge in [0.1, 0.15) is 5.82 Å². The van der Waals surface area contributed by atoms with Crippen LogP contribution < -0.4 is 5.32 Å². The average Bonchev–Trinajstić information content (AvgIpc) is 2.28. The lowest BCUT2D eigenvalue weighted by atomic mass is 10.1. The molecule has 18 heavy (non-hydrogen) atoms. The molecule has 1 aromatic carbocycles. The minimum atomic E-state index is -0.889. The molecule has 0 heterocycles. The lowest BCUT2D eigenvalue weighted by Crippen LogP contribution is -2.38. The third-order valence-electron chi connectivity index (χ3n) is 2.13. The van der Waals surface area contributed by atoms with Gasteiger partial charge < -0.3 is 10.4 Å². The van der Waals surface area contributed by atoms with Gasteiger partial charge in [-0.3, -0.25) is 4.79 Å². The largest absolute Gasteiger partial charge is 0.389 e. The quantitative estimate of drug-likeness (QED) is 0.780. The van der Waals surface area contributed by atoms with E-state index in [-0.39, 0.29) is 18.3 Å². The van der Waals surface area contributed by atoms with Crippen molar-refractivity contribution < 1.29 is 14.3 Å². The highest BCUT2D eigenvalue weighted by atomic mass is 32.2. The number of hydrogen-bond acceptors (Lipinski definition) is 3. The van der Waals surface area contributed by atoms with E-state index in [4.69, 9.17) is 0 Å². The lowest BCUT2D eigenvalue weighted by molar-refractivity contribution is -0.121. The van der Waals surface area contributed by atoms with Crippen LogP contribution in [-0.2, 0) is 4.79 Å². The van der Waals surface area contributed by atoms with E-state index in [0.29, 0.717) is 12.2 Å². The third kappa shape index (κ3) is 6.61. The molecule has 0 aliphatic carbocycles. The summed E-state index contributed by atoms with van der Waals surface area (Å²) in [6.45, 7) is 3.52. The standard InChI is InChI=1S/C13H18FNO2S/c1-13(2,17)9-15-12(16)7-8-18-11-5-3-10(14)4-6-11/h3-6,17H,7-9H2,1-2H3,(H,15,16). The zero-order valence-electron chi connectivity index (χ0n) is 10.6. The number of aliphatic hydroxyl groups is 1. The molecule has 0 saturated carbocycles. The molecule has 1 aromatic rings. The molecule has 0 aliphatic rings. The Hall–Kier alpha value is -1.07. The molecule has 1 amide bonds. The van der Waals surface area contributed by atoms with Crippen molar-refractivity contribution in [1.29, 1.82) is 0 Å². The molecule has 2 N–H and O–H groups in total. The van der Waals surface area contributed by atoms with Gasteiger partial charge in [-0.1, -0.05) is 0 Å². The van der Waals surface area contributed by atoms with E-state index in [0.717, 1.165) is 4.90 Å². The van der Waals surface area contributed by atoms with Gasteiger partial charge in [0.2, 0.25) is 5.91 Å². The number of benzene rings is 1. The van der Waals surface area contributed by atoms with Gasteiger partial charge in [-0.2, -0.15) is 0 Å². The van der Waals surface area contributed by atoms with Crippen LogP contribution in [0.3, 0.4) is 0 Å². The predicted molar refractivity (Wildman–Crippen MR) is 71.0 cm³/mol. The number of hydrogen-bond donors (Lipinski definition) is 2. The number of halogens is 1. The van der Waals surface area contributed by atoms with Gasteiger partial charge >= 0.3 is 0 Å². The average molecular weight is 271 g/mol. The minimum absolute atomic E-state index is 0.0910. The Morgan fingerprint density at radius 2 is 2.00 bits per heavy atom. The Kier molecular flexibility index (Phi) is 5.62. The Bertz CT molecular complexity index is 387. The summed E-state index contributed by atoms with van der Waals surface area (Å²) in [5.41, 5.74) is -0.889. The fourth-order valence-corrected chi connectivity index (χ4v) is 2.05. The summed E-state index contributed by atoms with van der Waals surface area (Å²) in [5.74, 6) is 0.276. The molecule has 0 fully saturated rings. The molecule has 0 atom stereocenters. The van der Waals surface area contributed by atoms with Gasteiger partial charge in [-0.25, -0.2) is 4.39 Å². The van der Waals surface area contributed by atoms with Crippen molar-refractivity contribution >= 4 is 17.7 Å². The highest BCUT2D eigenvalue weighted by Gasteiger charge is 2.13. The van der Waals surface area contributed by atoms with Crippen LogP contribution in [0.5, 0.6) is 0 Å². The molecular formula is C13H18FNO2S. The van der Waals surface area contributed by atoms with Crippen molar-refractivity contribution in [2.24, 2.45) is 0 Å². The summed E-state index contributed by atoms with van der Waals surface area (Å²) in [4.78, 5) is 12.4. The van der Waals surface area contributed by atoms with Crippen molar-refractivity contribution in [3.63, 3.8) is 0 Å². The molecule has 100 valence electrons. The van der Waals surface area contributed by atoms with E-state index in [1.54, 1.807) is 26.0 Å². The zero-order valence-corrected chi connectivity index (χ0v) is 11.4. The van der Waals surface area contributed by atoms with Crippen molar-refractivity contribution in [3.05, 3.63) is 30.1 Å². The van der Waals surface area contributed by atoms with E-state index in [9.17, 15) is 14.3 Å². The lowest BCUT2D eigenvalue weighted by Gasteiger charge is -2.17. The fraction of sp³-hybridized carbons (Fsp3) is 0.462. The van der Waals surface area contributed by atoms with Crippen molar-refractivity contribution in [2.75, 3.05) is 12.3 Å². The van der Waals surface area contributed by atoms with Crippen LogP contribution in [0.25, 0.3) is 0 Å². The van der Waals surface area contributed by atoms with Gasteiger partial charge in [0.15, 0.2) is 0 Å². The van der Waals surface area contributed by atoms with Crippen molar-refractivity contribution in [2.45, 2.75) is 30.8 Å². The number of nitrogens with one attached hydrogen (secondary N) is 1. The number of rotatable bonds is 6. The summed E-state index contributed by atoms with van der Waals surface area (Å²) in [6, 6.07) is 6.18. The Labute approximate surface area is 111 Å². The van der Waals surface area contributed by atoms with Crippen molar-refractivity contribution in [3.8, 4) is 0 Å². The van der Waals surface area contributed by atoms with Gasteiger partial charge in [0.05, 0.1) is 5.60 Å². The molecule has 0 bridgehead atoms. The molecule has 1 rings (SSSR count). The molecular weight excluding hydrogens is 253 g/mol. The first kappa shape index (κ1) is 15.0. The second-order valence-corrected chi connectivity index (χ2v) is 5.81. The Balaban J connectivity index is 2.21.